The number of hydrogen-bond donors (Lipinski definition) is 1. The highest BCUT2D eigenvalue weighted by molar-refractivity contribution is 5.77. The summed E-state index contributed by atoms with van der Waals surface area (Å²) in [7, 11) is 1.72. The summed E-state index contributed by atoms with van der Waals surface area (Å²) in [6, 6.07) is 10.2. The molecule has 2 rings (SSSR count). The van der Waals surface area contributed by atoms with E-state index in [0.717, 1.165) is 22.6 Å². The molecule has 0 unspecified atom stereocenters. The zero-order valence-electron chi connectivity index (χ0n) is 11.4. The fourth-order valence-corrected chi connectivity index (χ4v) is 2.20. The van der Waals surface area contributed by atoms with Gasteiger partial charge in [-0.25, -0.2) is 0 Å². The highest BCUT2D eigenvalue weighted by Crippen LogP contribution is 2.36. The summed E-state index contributed by atoms with van der Waals surface area (Å²) in [4.78, 5) is 0. The molecule has 0 aliphatic carbocycles. The molecule has 0 aliphatic heterocycles. The van der Waals surface area contributed by atoms with E-state index >= 15 is 0 Å². The van der Waals surface area contributed by atoms with Gasteiger partial charge in [-0.05, 0) is 55.2 Å². The van der Waals surface area contributed by atoms with Gasteiger partial charge >= 0.3 is 0 Å². The molecule has 0 atom stereocenters. The molecule has 2 N–H and O–H groups in total. The first-order chi connectivity index (χ1) is 8.54. The molecule has 0 aliphatic rings. The third kappa shape index (κ3) is 2.06. The van der Waals surface area contributed by atoms with Crippen LogP contribution in [0.4, 0.5) is 5.69 Å². The van der Waals surface area contributed by atoms with Gasteiger partial charge in [0.15, 0.2) is 0 Å². The van der Waals surface area contributed by atoms with E-state index in [2.05, 4.69) is 32.9 Å². The van der Waals surface area contributed by atoms with E-state index in [0.29, 0.717) is 0 Å². The summed E-state index contributed by atoms with van der Waals surface area (Å²) in [5.74, 6) is 0.934. The van der Waals surface area contributed by atoms with Gasteiger partial charge in [0.2, 0.25) is 0 Å². The average Bonchev–Trinajstić information content (AvgIpc) is 2.35. The second-order valence-corrected chi connectivity index (χ2v) is 4.66. The lowest BCUT2D eigenvalue weighted by Crippen LogP contribution is -1.96. The summed E-state index contributed by atoms with van der Waals surface area (Å²) in [5.41, 5.74) is 12.5. The molecule has 2 aromatic carbocycles. The Morgan fingerprint density at radius 2 is 1.56 bits per heavy atom. The van der Waals surface area contributed by atoms with Crippen molar-refractivity contribution < 1.29 is 4.74 Å². The molecule has 0 saturated heterocycles. The van der Waals surface area contributed by atoms with Gasteiger partial charge in [-0.3, -0.25) is 0 Å². The summed E-state index contributed by atoms with van der Waals surface area (Å²) >= 11 is 0. The van der Waals surface area contributed by atoms with Crippen molar-refractivity contribution in [1.82, 2.24) is 0 Å². The maximum Gasteiger partial charge on any atom is 0.129 e. The maximum absolute atomic E-state index is 5.88. The molecular weight excluding hydrogens is 222 g/mol. The molecule has 0 fully saturated rings. The van der Waals surface area contributed by atoms with Crippen molar-refractivity contribution in [2.24, 2.45) is 0 Å². The molecule has 18 heavy (non-hydrogen) atoms. The highest BCUT2D eigenvalue weighted by atomic mass is 16.5. The molecular formula is C16H19NO. The zero-order chi connectivity index (χ0) is 13.3. The number of rotatable bonds is 2. The Balaban J connectivity index is 2.71. The monoisotopic (exact) mass is 241 g/mol. The lowest BCUT2D eigenvalue weighted by molar-refractivity contribution is 0.413. The number of hydrogen-bond acceptors (Lipinski definition) is 2. The fraction of sp³-hybridized carbons (Fsp3) is 0.250. The number of nitrogen functional groups attached to an aromatic ring is 1. The summed E-state index contributed by atoms with van der Waals surface area (Å²) in [6.07, 6.45) is 0. The SMILES string of the molecule is COc1c(-c2cc(N)ccc2C)ccc(C)c1C. The van der Waals surface area contributed by atoms with E-state index in [1.54, 1.807) is 7.11 Å². The number of nitrogens with two attached hydrogens (primary N) is 1. The van der Waals surface area contributed by atoms with Crippen LogP contribution in [0.25, 0.3) is 11.1 Å². The molecule has 0 saturated carbocycles. The Morgan fingerprint density at radius 1 is 0.889 bits per heavy atom. The van der Waals surface area contributed by atoms with Crippen molar-refractivity contribution in [3.05, 3.63) is 47.0 Å². The summed E-state index contributed by atoms with van der Waals surface area (Å²) in [6.45, 7) is 6.26. The number of methoxy groups -OCH3 is 1. The van der Waals surface area contributed by atoms with E-state index < -0.39 is 0 Å². The lowest BCUT2D eigenvalue weighted by atomic mass is 9.95. The van der Waals surface area contributed by atoms with Crippen LogP contribution in [0.3, 0.4) is 0 Å². The van der Waals surface area contributed by atoms with Crippen molar-refractivity contribution >= 4 is 5.69 Å². The first-order valence-electron chi connectivity index (χ1n) is 6.05. The normalized spacial score (nSPS) is 10.4. The quantitative estimate of drug-likeness (QED) is 0.810. The largest absolute Gasteiger partial charge is 0.496 e. The molecule has 2 nitrogen and oxygen atoms in total. The Hall–Kier alpha value is -1.96. The minimum absolute atomic E-state index is 0.774. The molecule has 2 heteroatoms. The van der Waals surface area contributed by atoms with E-state index in [9.17, 15) is 0 Å². The molecule has 0 bridgehead atoms. The van der Waals surface area contributed by atoms with E-state index in [1.165, 1.54) is 16.7 Å². The van der Waals surface area contributed by atoms with Crippen molar-refractivity contribution in [3.63, 3.8) is 0 Å². The molecule has 94 valence electrons. The lowest BCUT2D eigenvalue weighted by Gasteiger charge is -2.15. The first kappa shape index (κ1) is 12.5. The van der Waals surface area contributed by atoms with Crippen molar-refractivity contribution in [1.29, 1.82) is 0 Å². The smallest absolute Gasteiger partial charge is 0.129 e. The Bertz CT molecular complexity index is 588. The van der Waals surface area contributed by atoms with Crippen LogP contribution in [0.1, 0.15) is 16.7 Å². The van der Waals surface area contributed by atoms with Gasteiger partial charge in [-0.15, -0.1) is 0 Å². The van der Waals surface area contributed by atoms with Crippen LogP contribution in [0.5, 0.6) is 5.75 Å². The summed E-state index contributed by atoms with van der Waals surface area (Å²) in [5, 5.41) is 0. The predicted octanol–water partition coefficient (Wildman–Crippen LogP) is 3.87. The minimum atomic E-state index is 0.774. The molecule has 0 amide bonds. The zero-order valence-corrected chi connectivity index (χ0v) is 11.4. The van der Waals surface area contributed by atoms with Gasteiger partial charge in [0.1, 0.15) is 5.75 Å². The van der Waals surface area contributed by atoms with Crippen molar-refractivity contribution in [3.8, 4) is 16.9 Å². The van der Waals surface area contributed by atoms with Gasteiger partial charge < -0.3 is 10.5 Å². The van der Waals surface area contributed by atoms with Gasteiger partial charge in [0, 0.05) is 11.3 Å². The second-order valence-electron chi connectivity index (χ2n) is 4.66. The van der Waals surface area contributed by atoms with Crippen LogP contribution in [0.15, 0.2) is 30.3 Å². The fourth-order valence-electron chi connectivity index (χ4n) is 2.20. The van der Waals surface area contributed by atoms with Gasteiger partial charge in [0.05, 0.1) is 7.11 Å². The number of aryl methyl sites for hydroxylation is 2. The Labute approximate surface area is 108 Å². The first-order valence-corrected chi connectivity index (χ1v) is 6.05. The second kappa shape index (κ2) is 4.73. The predicted molar refractivity (Wildman–Crippen MR) is 77.1 cm³/mol. The number of anilines is 1. The van der Waals surface area contributed by atoms with E-state index in [4.69, 9.17) is 10.5 Å². The van der Waals surface area contributed by atoms with Crippen molar-refractivity contribution in [2.45, 2.75) is 20.8 Å². The molecule has 0 radical (unpaired) electrons. The third-order valence-electron chi connectivity index (χ3n) is 3.43. The highest BCUT2D eigenvalue weighted by Gasteiger charge is 2.12. The van der Waals surface area contributed by atoms with Crippen LogP contribution in [-0.2, 0) is 0 Å². The van der Waals surface area contributed by atoms with Gasteiger partial charge in [0.25, 0.3) is 0 Å². The van der Waals surface area contributed by atoms with Crippen LogP contribution in [0, 0.1) is 20.8 Å². The minimum Gasteiger partial charge on any atom is -0.496 e. The standard InChI is InChI=1S/C16H19NO/c1-10-6-8-14(16(18-4)12(10)3)15-9-13(17)7-5-11(15)2/h5-9H,17H2,1-4H3. The molecule has 0 spiro atoms. The third-order valence-corrected chi connectivity index (χ3v) is 3.43. The topological polar surface area (TPSA) is 35.2 Å². The van der Waals surface area contributed by atoms with Gasteiger partial charge in [-0.1, -0.05) is 18.2 Å². The average molecular weight is 241 g/mol. The molecule has 0 heterocycles. The van der Waals surface area contributed by atoms with Crippen LogP contribution in [0.2, 0.25) is 0 Å². The molecule has 2 aromatic rings. The Morgan fingerprint density at radius 3 is 2.22 bits per heavy atom. The Kier molecular flexibility index (Phi) is 3.28. The van der Waals surface area contributed by atoms with E-state index in [1.807, 2.05) is 18.2 Å². The number of ether oxygens (including phenoxy) is 1. The van der Waals surface area contributed by atoms with E-state index in [-0.39, 0.29) is 0 Å². The van der Waals surface area contributed by atoms with Crippen LogP contribution in [-0.4, -0.2) is 7.11 Å². The van der Waals surface area contributed by atoms with Crippen LogP contribution < -0.4 is 10.5 Å². The molecule has 0 aromatic heterocycles. The van der Waals surface area contributed by atoms with Gasteiger partial charge in [-0.2, -0.15) is 0 Å². The number of benzene rings is 2. The summed E-state index contributed by atoms with van der Waals surface area (Å²) < 4.78 is 5.57. The maximum atomic E-state index is 5.88. The van der Waals surface area contributed by atoms with Crippen molar-refractivity contribution in [2.75, 3.05) is 12.8 Å². The van der Waals surface area contributed by atoms with Crippen LogP contribution >= 0.6 is 0 Å².